The molecule has 0 amide bonds. The molecule has 5 nitrogen and oxygen atoms in total. The Labute approximate surface area is 127 Å². The maximum absolute atomic E-state index is 12.8. The lowest BCUT2D eigenvalue weighted by Gasteiger charge is -2.13. The van der Waals surface area contributed by atoms with Crippen LogP contribution in [0.5, 0.6) is 17.2 Å². The fourth-order valence-corrected chi connectivity index (χ4v) is 1.85. The number of nitrogens with zero attached hydrogens (tertiary/aromatic N) is 1. The minimum absolute atomic E-state index is 0.254. The summed E-state index contributed by atoms with van der Waals surface area (Å²) in [5, 5.41) is 11.7. The van der Waals surface area contributed by atoms with E-state index in [1.807, 2.05) is 0 Å². The molecule has 0 bridgehead atoms. The van der Waals surface area contributed by atoms with Gasteiger partial charge < -0.3 is 19.4 Å². The zero-order valence-corrected chi connectivity index (χ0v) is 12.0. The van der Waals surface area contributed by atoms with Crippen molar-refractivity contribution < 1.29 is 23.8 Å². The highest BCUT2D eigenvalue weighted by atomic mass is 19.1. The van der Waals surface area contributed by atoms with Crippen molar-refractivity contribution in [3.63, 3.8) is 0 Å². The van der Waals surface area contributed by atoms with E-state index in [-0.39, 0.29) is 19.0 Å². The summed E-state index contributed by atoms with van der Waals surface area (Å²) in [6, 6.07) is 11.0. The second-order valence-corrected chi connectivity index (χ2v) is 4.27. The fourth-order valence-electron chi connectivity index (χ4n) is 1.85. The molecule has 0 heterocycles. The van der Waals surface area contributed by atoms with E-state index < -0.39 is 0 Å². The molecular formula is C16H16FNO4. The fraction of sp³-hybridized carbons (Fsp3) is 0.188. The molecule has 6 heteroatoms. The van der Waals surface area contributed by atoms with Crippen LogP contribution < -0.4 is 14.2 Å². The van der Waals surface area contributed by atoms with Gasteiger partial charge in [0.05, 0.1) is 13.3 Å². The van der Waals surface area contributed by atoms with E-state index in [1.54, 1.807) is 30.3 Å². The summed E-state index contributed by atoms with van der Waals surface area (Å²) in [7, 11) is 1.52. The van der Waals surface area contributed by atoms with Crippen LogP contribution >= 0.6 is 0 Å². The predicted molar refractivity (Wildman–Crippen MR) is 79.8 cm³/mol. The van der Waals surface area contributed by atoms with Gasteiger partial charge in [-0.25, -0.2) is 4.39 Å². The number of rotatable bonds is 7. The van der Waals surface area contributed by atoms with Gasteiger partial charge in [0, 0.05) is 5.56 Å². The number of para-hydroxylation sites is 1. The molecule has 0 saturated heterocycles. The van der Waals surface area contributed by atoms with Crippen LogP contribution in [0, 0.1) is 5.82 Å². The molecule has 0 aliphatic heterocycles. The summed E-state index contributed by atoms with van der Waals surface area (Å²) in [4.78, 5) is 0. The van der Waals surface area contributed by atoms with Gasteiger partial charge in [-0.1, -0.05) is 11.2 Å². The molecule has 0 unspecified atom stereocenters. The van der Waals surface area contributed by atoms with Crippen LogP contribution in [0.2, 0.25) is 0 Å². The van der Waals surface area contributed by atoms with Crippen molar-refractivity contribution in [3.8, 4) is 17.2 Å². The number of hydrogen-bond donors (Lipinski definition) is 1. The monoisotopic (exact) mass is 305 g/mol. The van der Waals surface area contributed by atoms with Crippen molar-refractivity contribution in [1.29, 1.82) is 0 Å². The Morgan fingerprint density at radius 2 is 1.82 bits per heavy atom. The van der Waals surface area contributed by atoms with E-state index in [0.29, 0.717) is 22.8 Å². The minimum Gasteiger partial charge on any atom is -0.493 e. The van der Waals surface area contributed by atoms with Crippen LogP contribution in [0.4, 0.5) is 4.39 Å². The molecule has 2 aromatic carbocycles. The van der Waals surface area contributed by atoms with Crippen molar-refractivity contribution in [2.75, 3.05) is 20.3 Å². The number of methoxy groups -OCH3 is 1. The highest BCUT2D eigenvalue weighted by molar-refractivity contribution is 5.84. The van der Waals surface area contributed by atoms with Gasteiger partial charge >= 0.3 is 0 Å². The van der Waals surface area contributed by atoms with Crippen molar-refractivity contribution >= 4 is 6.21 Å². The maximum Gasteiger partial charge on any atom is 0.170 e. The molecule has 0 aliphatic carbocycles. The Morgan fingerprint density at radius 1 is 1.09 bits per heavy atom. The first-order valence-corrected chi connectivity index (χ1v) is 6.60. The molecule has 116 valence electrons. The third-order valence-corrected chi connectivity index (χ3v) is 2.84. The van der Waals surface area contributed by atoms with Crippen LogP contribution in [0.3, 0.4) is 0 Å². The second kappa shape index (κ2) is 7.87. The van der Waals surface area contributed by atoms with E-state index in [1.165, 1.54) is 25.5 Å². The highest BCUT2D eigenvalue weighted by Gasteiger charge is 2.09. The third kappa shape index (κ3) is 4.12. The molecule has 2 rings (SSSR count). The minimum atomic E-state index is -0.314. The Morgan fingerprint density at radius 3 is 2.50 bits per heavy atom. The Kier molecular flexibility index (Phi) is 5.59. The van der Waals surface area contributed by atoms with Gasteiger partial charge in [0.25, 0.3) is 0 Å². The highest BCUT2D eigenvalue weighted by Crippen LogP contribution is 2.30. The molecular weight excluding hydrogens is 289 g/mol. The van der Waals surface area contributed by atoms with Crippen LogP contribution in [-0.2, 0) is 0 Å². The van der Waals surface area contributed by atoms with Gasteiger partial charge in [0.1, 0.15) is 24.8 Å². The van der Waals surface area contributed by atoms with Gasteiger partial charge in [-0.2, -0.15) is 0 Å². The SMILES string of the molecule is COc1cccc(C=NO)c1OCCOc1ccc(F)cc1. The summed E-state index contributed by atoms with van der Waals surface area (Å²) >= 11 is 0. The third-order valence-electron chi connectivity index (χ3n) is 2.84. The van der Waals surface area contributed by atoms with Crippen LogP contribution in [0.15, 0.2) is 47.6 Å². The maximum atomic E-state index is 12.8. The van der Waals surface area contributed by atoms with Gasteiger partial charge in [0.15, 0.2) is 11.5 Å². The Bertz CT molecular complexity index is 629. The van der Waals surface area contributed by atoms with Gasteiger partial charge in [-0.15, -0.1) is 0 Å². The summed E-state index contributed by atoms with van der Waals surface area (Å²) in [6.45, 7) is 0.531. The average molecular weight is 305 g/mol. The van der Waals surface area contributed by atoms with E-state index in [2.05, 4.69) is 5.16 Å². The van der Waals surface area contributed by atoms with Gasteiger partial charge in [-0.3, -0.25) is 0 Å². The average Bonchev–Trinajstić information content (AvgIpc) is 2.54. The first kappa shape index (κ1) is 15.6. The van der Waals surface area contributed by atoms with Gasteiger partial charge in [0.2, 0.25) is 0 Å². The predicted octanol–water partition coefficient (Wildman–Crippen LogP) is 3.10. The number of oxime groups is 1. The largest absolute Gasteiger partial charge is 0.493 e. The lowest BCUT2D eigenvalue weighted by Crippen LogP contribution is -2.10. The number of halogens is 1. The van der Waals surface area contributed by atoms with E-state index in [0.717, 1.165) is 0 Å². The molecule has 1 N–H and O–H groups in total. The van der Waals surface area contributed by atoms with Crippen molar-refractivity contribution in [1.82, 2.24) is 0 Å². The lowest BCUT2D eigenvalue weighted by molar-refractivity contribution is 0.211. The van der Waals surface area contributed by atoms with Crippen LogP contribution in [0.1, 0.15) is 5.56 Å². The lowest BCUT2D eigenvalue weighted by atomic mass is 10.2. The van der Waals surface area contributed by atoms with Crippen molar-refractivity contribution in [2.24, 2.45) is 5.16 Å². The molecule has 0 saturated carbocycles. The van der Waals surface area contributed by atoms with Crippen molar-refractivity contribution in [3.05, 3.63) is 53.8 Å². The topological polar surface area (TPSA) is 60.3 Å². The molecule has 0 radical (unpaired) electrons. The van der Waals surface area contributed by atoms with Crippen LogP contribution in [0.25, 0.3) is 0 Å². The van der Waals surface area contributed by atoms with E-state index >= 15 is 0 Å². The zero-order valence-electron chi connectivity index (χ0n) is 12.0. The van der Waals surface area contributed by atoms with E-state index in [4.69, 9.17) is 19.4 Å². The quantitative estimate of drug-likeness (QED) is 0.369. The molecule has 0 spiro atoms. The summed E-state index contributed by atoms with van der Waals surface area (Å²) in [5.41, 5.74) is 0.587. The first-order valence-electron chi connectivity index (χ1n) is 6.60. The molecule has 22 heavy (non-hydrogen) atoms. The smallest absolute Gasteiger partial charge is 0.170 e. The molecule has 0 aliphatic rings. The number of hydrogen-bond acceptors (Lipinski definition) is 5. The summed E-state index contributed by atoms with van der Waals surface area (Å²) < 4.78 is 29.1. The molecule has 2 aromatic rings. The zero-order chi connectivity index (χ0) is 15.8. The summed E-state index contributed by atoms with van der Waals surface area (Å²) in [6.07, 6.45) is 1.26. The molecule has 0 fully saturated rings. The summed E-state index contributed by atoms with van der Waals surface area (Å²) in [5.74, 6) is 1.23. The van der Waals surface area contributed by atoms with Crippen LogP contribution in [-0.4, -0.2) is 31.7 Å². The normalized spacial score (nSPS) is 10.6. The molecule has 0 aromatic heterocycles. The standard InChI is InChI=1S/C16H16FNO4/c1-20-15-4-2-3-12(11-18-19)16(15)22-10-9-21-14-7-5-13(17)6-8-14/h2-8,11,19H,9-10H2,1H3. The Balaban J connectivity index is 1.94. The number of ether oxygens (including phenoxy) is 3. The second-order valence-electron chi connectivity index (χ2n) is 4.27. The van der Waals surface area contributed by atoms with Gasteiger partial charge in [-0.05, 0) is 36.4 Å². The van der Waals surface area contributed by atoms with E-state index in [9.17, 15) is 4.39 Å². The number of benzene rings is 2. The molecule has 0 atom stereocenters. The first-order chi connectivity index (χ1) is 10.7. The Hall–Kier alpha value is -2.76. The van der Waals surface area contributed by atoms with Crippen molar-refractivity contribution in [2.45, 2.75) is 0 Å².